The molecule has 4 aromatic rings. The van der Waals surface area contributed by atoms with E-state index in [0.717, 1.165) is 22.8 Å². The maximum Gasteiger partial charge on any atom is 0.287 e. The number of ether oxygens (including phenoxy) is 2. The van der Waals surface area contributed by atoms with Gasteiger partial charge in [-0.1, -0.05) is 12.1 Å². The van der Waals surface area contributed by atoms with Crippen molar-refractivity contribution in [2.45, 2.75) is 6.92 Å². The summed E-state index contributed by atoms with van der Waals surface area (Å²) in [5, 5.41) is 20.4. The molecule has 0 fully saturated rings. The third-order valence-electron chi connectivity index (χ3n) is 4.66. The molecule has 0 saturated heterocycles. The molecule has 2 heterocycles. The Morgan fingerprint density at radius 2 is 2.03 bits per heavy atom. The van der Waals surface area contributed by atoms with Gasteiger partial charge in [0.05, 0.1) is 28.6 Å². The lowest BCUT2D eigenvalue weighted by Crippen LogP contribution is -1.94. The van der Waals surface area contributed by atoms with Crippen molar-refractivity contribution in [2.75, 3.05) is 7.11 Å². The molecule has 1 N–H and O–H groups in total. The predicted molar refractivity (Wildman–Crippen MR) is 118 cm³/mol. The van der Waals surface area contributed by atoms with E-state index >= 15 is 0 Å². The van der Waals surface area contributed by atoms with Crippen LogP contribution in [0.4, 0.5) is 5.69 Å². The number of imidazole rings is 1. The van der Waals surface area contributed by atoms with E-state index in [1.807, 2.05) is 25.1 Å². The number of H-pyrrole nitrogens is 1. The summed E-state index contributed by atoms with van der Waals surface area (Å²) >= 11 is 0. The van der Waals surface area contributed by atoms with Gasteiger partial charge in [-0.15, -0.1) is 0 Å². The molecule has 2 aromatic carbocycles. The fourth-order valence-corrected chi connectivity index (χ4v) is 3.08. The van der Waals surface area contributed by atoms with Gasteiger partial charge in [-0.25, -0.2) is 9.97 Å². The predicted octanol–water partition coefficient (Wildman–Crippen LogP) is 5.04. The molecule has 9 heteroatoms. The molecule has 0 atom stereocenters. The number of nitrogens with one attached hydrogen (secondary N) is 1. The van der Waals surface area contributed by atoms with Gasteiger partial charge in [0.2, 0.25) is 5.88 Å². The van der Waals surface area contributed by atoms with Crippen LogP contribution in [0, 0.1) is 28.4 Å². The third kappa shape index (κ3) is 4.24. The summed E-state index contributed by atoms with van der Waals surface area (Å²) in [4.78, 5) is 21.8. The number of nitro groups is 1. The van der Waals surface area contributed by atoms with Crippen LogP contribution in [-0.2, 0) is 0 Å². The standard InChI is InChI=1S/C23H17N5O4/c1-14-3-6-18-19(9-14)27-23(26-18)16(12-24)10-15-4-7-20(21(11-15)31-2)32-22-8-5-17(13-25-22)28(29)30/h3-11,13H,1-2H3,(H,26,27). The molecule has 0 saturated carbocycles. The molecule has 0 aliphatic heterocycles. The normalized spacial score (nSPS) is 11.2. The van der Waals surface area contributed by atoms with Gasteiger partial charge in [-0.3, -0.25) is 10.1 Å². The SMILES string of the molecule is COc1cc(C=C(C#N)c2nc3ccc(C)cc3[nH]2)ccc1Oc1ccc([N+](=O)[O-])cn1. The number of rotatable bonds is 6. The monoisotopic (exact) mass is 427 g/mol. The van der Waals surface area contributed by atoms with Crippen LogP contribution in [0.5, 0.6) is 17.4 Å². The summed E-state index contributed by atoms with van der Waals surface area (Å²) in [6, 6.07) is 15.9. The van der Waals surface area contributed by atoms with Crippen LogP contribution >= 0.6 is 0 Å². The van der Waals surface area contributed by atoms with Gasteiger partial charge in [0.15, 0.2) is 11.5 Å². The van der Waals surface area contributed by atoms with Crippen LogP contribution in [0.25, 0.3) is 22.7 Å². The topological polar surface area (TPSA) is 127 Å². The number of benzene rings is 2. The second kappa shape index (κ2) is 8.57. The van der Waals surface area contributed by atoms with Gasteiger partial charge in [0.25, 0.3) is 5.69 Å². The number of aromatic amines is 1. The van der Waals surface area contributed by atoms with E-state index in [2.05, 4.69) is 21.0 Å². The number of fused-ring (bicyclic) bond motifs is 1. The van der Waals surface area contributed by atoms with Gasteiger partial charge in [0.1, 0.15) is 18.1 Å². The fourth-order valence-electron chi connectivity index (χ4n) is 3.08. The average Bonchev–Trinajstić information content (AvgIpc) is 3.21. The number of pyridine rings is 1. The number of aromatic nitrogens is 3. The Morgan fingerprint density at radius 1 is 1.19 bits per heavy atom. The molecule has 9 nitrogen and oxygen atoms in total. The minimum Gasteiger partial charge on any atom is -0.493 e. The maximum atomic E-state index is 10.8. The van der Waals surface area contributed by atoms with Crippen molar-refractivity contribution < 1.29 is 14.4 Å². The summed E-state index contributed by atoms with van der Waals surface area (Å²) < 4.78 is 11.1. The zero-order chi connectivity index (χ0) is 22.7. The Bertz CT molecular complexity index is 1380. The summed E-state index contributed by atoms with van der Waals surface area (Å²) in [6.07, 6.45) is 2.81. The lowest BCUT2D eigenvalue weighted by atomic mass is 10.1. The maximum absolute atomic E-state index is 10.8. The van der Waals surface area contributed by atoms with Crippen molar-refractivity contribution in [1.82, 2.24) is 15.0 Å². The number of aryl methyl sites for hydroxylation is 1. The van der Waals surface area contributed by atoms with Gasteiger partial charge in [-0.2, -0.15) is 5.26 Å². The Balaban J connectivity index is 1.62. The van der Waals surface area contributed by atoms with E-state index < -0.39 is 4.92 Å². The van der Waals surface area contributed by atoms with Gasteiger partial charge < -0.3 is 14.5 Å². The van der Waals surface area contributed by atoms with Crippen molar-refractivity contribution in [3.8, 4) is 23.4 Å². The number of nitriles is 1. The lowest BCUT2D eigenvalue weighted by Gasteiger charge is -2.10. The van der Waals surface area contributed by atoms with E-state index in [4.69, 9.17) is 9.47 Å². The average molecular weight is 427 g/mol. The highest BCUT2D eigenvalue weighted by Gasteiger charge is 2.12. The molecule has 0 amide bonds. The van der Waals surface area contributed by atoms with Crippen molar-refractivity contribution in [3.63, 3.8) is 0 Å². The molecule has 0 aliphatic carbocycles. The smallest absolute Gasteiger partial charge is 0.287 e. The molecular formula is C23H17N5O4. The van der Waals surface area contributed by atoms with Gasteiger partial charge >= 0.3 is 0 Å². The number of hydrogen-bond donors (Lipinski definition) is 1. The molecule has 0 radical (unpaired) electrons. The highest BCUT2D eigenvalue weighted by atomic mass is 16.6. The van der Waals surface area contributed by atoms with Crippen molar-refractivity contribution in [3.05, 3.63) is 81.8 Å². The zero-order valence-electron chi connectivity index (χ0n) is 17.2. The first-order valence-corrected chi connectivity index (χ1v) is 9.51. The van der Waals surface area contributed by atoms with Crippen LogP contribution < -0.4 is 9.47 Å². The number of methoxy groups -OCH3 is 1. The van der Waals surface area contributed by atoms with Gasteiger partial charge in [0, 0.05) is 12.1 Å². The van der Waals surface area contributed by atoms with Crippen molar-refractivity contribution >= 4 is 28.4 Å². The van der Waals surface area contributed by atoms with E-state index in [1.165, 1.54) is 19.2 Å². The highest BCUT2D eigenvalue weighted by molar-refractivity contribution is 5.90. The largest absolute Gasteiger partial charge is 0.493 e. The molecule has 32 heavy (non-hydrogen) atoms. The Hall–Kier alpha value is -4.71. The molecule has 0 aliphatic rings. The minimum atomic E-state index is -0.533. The molecule has 4 rings (SSSR count). The first-order chi connectivity index (χ1) is 15.5. The molecule has 2 aromatic heterocycles. The third-order valence-corrected chi connectivity index (χ3v) is 4.66. The second-order valence-electron chi connectivity index (χ2n) is 6.90. The van der Waals surface area contributed by atoms with E-state index in [-0.39, 0.29) is 11.6 Å². The Labute approximate surface area is 182 Å². The van der Waals surface area contributed by atoms with Crippen LogP contribution in [0.3, 0.4) is 0 Å². The van der Waals surface area contributed by atoms with Crippen LogP contribution in [-0.4, -0.2) is 27.0 Å². The Morgan fingerprint density at radius 3 is 2.72 bits per heavy atom. The molecule has 158 valence electrons. The first kappa shape index (κ1) is 20.6. The van der Waals surface area contributed by atoms with Crippen molar-refractivity contribution in [2.24, 2.45) is 0 Å². The fraction of sp³-hybridized carbons (Fsp3) is 0.0870. The van der Waals surface area contributed by atoms with Crippen LogP contribution in [0.2, 0.25) is 0 Å². The molecular weight excluding hydrogens is 410 g/mol. The Kier molecular flexibility index (Phi) is 5.51. The quantitative estimate of drug-likeness (QED) is 0.259. The van der Waals surface area contributed by atoms with E-state index in [1.54, 1.807) is 24.3 Å². The van der Waals surface area contributed by atoms with E-state index in [9.17, 15) is 15.4 Å². The summed E-state index contributed by atoms with van der Waals surface area (Å²) in [6.45, 7) is 1.99. The summed E-state index contributed by atoms with van der Waals surface area (Å²) in [5.41, 5.74) is 3.68. The van der Waals surface area contributed by atoms with Crippen molar-refractivity contribution in [1.29, 1.82) is 5.26 Å². The molecule has 0 spiro atoms. The number of nitrogens with zero attached hydrogens (tertiary/aromatic N) is 4. The van der Waals surface area contributed by atoms with Crippen LogP contribution in [0.15, 0.2) is 54.7 Å². The van der Waals surface area contributed by atoms with Crippen LogP contribution in [0.1, 0.15) is 17.0 Å². The lowest BCUT2D eigenvalue weighted by molar-refractivity contribution is -0.385. The summed E-state index contributed by atoms with van der Waals surface area (Å²) in [5.74, 6) is 1.45. The molecule has 0 bridgehead atoms. The minimum absolute atomic E-state index is 0.130. The van der Waals surface area contributed by atoms with Gasteiger partial charge in [-0.05, 0) is 48.4 Å². The molecule has 0 unspecified atom stereocenters. The highest BCUT2D eigenvalue weighted by Crippen LogP contribution is 2.33. The van der Waals surface area contributed by atoms with E-state index in [0.29, 0.717) is 28.5 Å². The second-order valence-corrected chi connectivity index (χ2v) is 6.90. The first-order valence-electron chi connectivity index (χ1n) is 9.51. The number of allylic oxidation sites excluding steroid dienone is 1. The summed E-state index contributed by atoms with van der Waals surface area (Å²) in [7, 11) is 1.49. The zero-order valence-corrected chi connectivity index (χ0v) is 17.2. The number of hydrogen-bond acceptors (Lipinski definition) is 7.